The minimum atomic E-state index is -3.67. The summed E-state index contributed by atoms with van der Waals surface area (Å²) in [6, 6.07) is 3.80. The highest BCUT2D eigenvalue weighted by atomic mass is 32.2. The lowest BCUT2D eigenvalue weighted by Crippen LogP contribution is -2.33. The van der Waals surface area contributed by atoms with Gasteiger partial charge in [0.15, 0.2) is 5.03 Å². The zero-order valence-electron chi connectivity index (χ0n) is 10.1. The van der Waals surface area contributed by atoms with Gasteiger partial charge in [-0.25, -0.2) is 13.4 Å². The molecule has 0 saturated carbocycles. The van der Waals surface area contributed by atoms with Crippen molar-refractivity contribution in [1.82, 2.24) is 9.29 Å². The van der Waals surface area contributed by atoms with Crippen molar-refractivity contribution in [3.8, 4) is 0 Å². The number of halogens is 1. The summed E-state index contributed by atoms with van der Waals surface area (Å²) in [5.41, 5.74) is 0. The van der Waals surface area contributed by atoms with Crippen molar-refractivity contribution in [2.45, 2.75) is 31.7 Å². The van der Waals surface area contributed by atoms with Crippen molar-refractivity contribution < 1.29 is 12.8 Å². The fourth-order valence-electron chi connectivity index (χ4n) is 1.52. The summed E-state index contributed by atoms with van der Waals surface area (Å²) in [5.74, 6) is -0.779. The molecule has 0 aliphatic heterocycles. The Hall–Kier alpha value is -1.01. The Morgan fingerprint density at radius 3 is 2.29 bits per heavy atom. The first-order valence-corrected chi connectivity index (χ1v) is 7.09. The molecule has 0 atom stereocenters. The number of hydrogen-bond acceptors (Lipinski definition) is 3. The van der Waals surface area contributed by atoms with E-state index in [4.69, 9.17) is 0 Å². The average molecular weight is 260 g/mol. The molecule has 0 unspecified atom stereocenters. The SMILES string of the molecule is CCCN(CCC)S(=O)(=O)c1cccc(F)n1. The number of pyridine rings is 1. The van der Waals surface area contributed by atoms with E-state index in [9.17, 15) is 12.8 Å². The predicted octanol–water partition coefficient (Wildman–Crippen LogP) is 2.03. The first-order chi connectivity index (χ1) is 8.02. The van der Waals surface area contributed by atoms with Gasteiger partial charge >= 0.3 is 0 Å². The van der Waals surface area contributed by atoms with E-state index in [0.29, 0.717) is 25.9 Å². The van der Waals surface area contributed by atoms with E-state index in [2.05, 4.69) is 4.98 Å². The van der Waals surface area contributed by atoms with Gasteiger partial charge in [0.05, 0.1) is 0 Å². The minimum absolute atomic E-state index is 0.223. The number of rotatable bonds is 6. The van der Waals surface area contributed by atoms with Gasteiger partial charge in [0.1, 0.15) is 0 Å². The summed E-state index contributed by atoms with van der Waals surface area (Å²) in [4.78, 5) is 3.43. The van der Waals surface area contributed by atoms with Crippen LogP contribution in [0, 0.1) is 5.95 Å². The van der Waals surface area contributed by atoms with Crippen molar-refractivity contribution >= 4 is 10.0 Å². The van der Waals surface area contributed by atoms with Gasteiger partial charge in [-0.2, -0.15) is 8.70 Å². The van der Waals surface area contributed by atoms with Gasteiger partial charge in [-0.1, -0.05) is 19.9 Å². The molecule has 4 nitrogen and oxygen atoms in total. The maximum atomic E-state index is 12.9. The quantitative estimate of drug-likeness (QED) is 0.735. The molecule has 1 rings (SSSR count). The Labute approximate surface area is 102 Å². The second-order valence-electron chi connectivity index (χ2n) is 3.70. The third kappa shape index (κ3) is 3.47. The average Bonchev–Trinajstić information content (AvgIpc) is 2.29. The molecule has 0 amide bonds. The fourth-order valence-corrected chi connectivity index (χ4v) is 3.08. The number of aromatic nitrogens is 1. The zero-order chi connectivity index (χ0) is 12.9. The number of hydrogen-bond donors (Lipinski definition) is 0. The van der Waals surface area contributed by atoms with Gasteiger partial charge < -0.3 is 0 Å². The van der Waals surface area contributed by atoms with Crippen LogP contribution in [0.25, 0.3) is 0 Å². The van der Waals surface area contributed by atoms with E-state index in [1.165, 1.54) is 16.4 Å². The van der Waals surface area contributed by atoms with Crippen LogP contribution in [-0.2, 0) is 10.0 Å². The van der Waals surface area contributed by atoms with Crippen LogP contribution in [0.15, 0.2) is 23.2 Å². The highest BCUT2D eigenvalue weighted by Crippen LogP contribution is 2.14. The topological polar surface area (TPSA) is 50.3 Å². The molecule has 0 bridgehead atoms. The molecule has 0 aliphatic rings. The Balaban J connectivity index is 3.07. The van der Waals surface area contributed by atoms with Crippen LogP contribution in [0.5, 0.6) is 0 Å². The molecule has 0 fully saturated rings. The number of sulfonamides is 1. The molecule has 0 N–H and O–H groups in total. The lowest BCUT2D eigenvalue weighted by atomic mass is 10.4. The van der Waals surface area contributed by atoms with Crippen LogP contribution >= 0.6 is 0 Å². The van der Waals surface area contributed by atoms with Crippen LogP contribution in [-0.4, -0.2) is 30.8 Å². The van der Waals surface area contributed by atoms with Crippen LogP contribution in [0.4, 0.5) is 4.39 Å². The molecular weight excluding hydrogens is 243 g/mol. The minimum Gasteiger partial charge on any atom is -0.206 e. The largest absolute Gasteiger partial charge is 0.260 e. The Morgan fingerprint density at radius 1 is 1.24 bits per heavy atom. The van der Waals surface area contributed by atoms with E-state index >= 15 is 0 Å². The smallest absolute Gasteiger partial charge is 0.206 e. The van der Waals surface area contributed by atoms with Gasteiger partial charge in [0.2, 0.25) is 5.95 Å². The fraction of sp³-hybridized carbons (Fsp3) is 0.545. The summed E-state index contributed by atoms with van der Waals surface area (Å²) in [6.07, 6.45) is 1.43. The van der Waals surface area contributed by atoms with E-state index in [0.717, 1.165) is 6.07 Å². The van der Waals surface area contributed by atoms with Gasteiger partial charge in [-0.15, -0.1) is 0 Å². The Kier molecular flexibility index (Phi) is 5.02. The summed E-state index contributed by atoms with van der Waals surface area (Å²) in [6.45, 7) is 4.65. The normalized spacial score (nSPS) is 12.0. The maximum absolute atomic E-state index is 12.9. The van der Waals surface area contributed by atoms with Crippen molar-refractivity contribution in [2.24, 2.45) is 0 Å². The standard InChI is InChI=1S/C11H17FN2O2S/c1-3-8-14(9-4-2)17(15,16)11-7-5-6-10(12)13-11/h5-7H,3-4,8-9H2,1-2H3. The van der Waals surface area contributed by atoms with Gasteiger partial charge in [-0.3, -0.25) is 0 Å². The van der Waals surface area contributed by atoms with Crippen molar-refractivity contribution in [1.29, 1.82) is 0 Å². The Bertz CT molecular complexity index is 456. The second-order valence-corrected chi connectivity index (χ2v) is 5.59. The zero-order valence-corrected chi connectivity index (χ0v) is 10.9. The van der Waals surface area contributed by atoms with Crippen molar-refractivity contribution in [3.63, 3.8) is 0 Å². The lowest BCUT2D eigenvalue weighted by molar-refractivity contribution is 0.406. The molecule has 6 heteroatoms. The molecule has 0 aromatic carbocycles. The summed E-state index contributed by atoms with van der Waals surface area (Å²) < 4.78 is 38.6. The van der Waals surface area contributed by atoms with E-state index < -0.39 is 16.0 Å². The van der Waals surface area contributed by atoms with E-state index in [1.54, 1.807) is 0 Å². The third-order valence-electron chi connectivity index (χ3n) is 2.24. The molecule has 1 aromatic heterocycles. The molecule has 0 radical (unpaired) electrons. The number of nitrogens with zero attached hydrogens (tertiary/aromatic N) is 2. The van der Waals surface area contributed by atoms with Crippen LogP contribution < -0.4 is 0 Å². The summed E-state index contributed by atoms with van der Waals surface area (Å²) >= 11 is 0. The van der Waals surface area contributed by atoms with Crippen LogP contribution in [0.3, 0.4) is 0 Å². The van der Waals surface area contributed by atoms with Crippen LogP contribution in [0.2, 0.25) is 0 Å². The van der Waals surface area contributed by atoms with Crippen LogP contribution in [0.1, 0.15) is 26.7 Å². The summed E-state index contributed by atoms with van der Waals surface area (Å²) in [7, 11) is -3.67. The molecule has 96 valence electrons. The highest BCUT2D eigenvalue weighted by Gasteiger charge is 2.24. The summed E-state index contributed by atoms with van der Waals surface area (Å²) in [5, 5.41) is -0.223. The first kappa shape index (κ1) is 14.1. The van der Waals surface area contributed by atoms with Crippen molar-refractivity contribution in [3.05, 3.63) is 24.1 Å². The first-order valence-electron chi connectivity index (χ1n) is 5.65. The van der Waals surface area contributed by atoms with Gasteiger partial charge in [0, 0.05) is 13.1 Å². The highest BCUT2D eigenvalue weighted by molar-refractivity contribution is 7.89. The monoisotopic (exact) mass is 260 g/mol. The third-order valence-corrected chi connectivity index (χ3v) is 4.04. The molecule has 1 aromatic rings. The van der Waals surface area contributed by atoms with E-state index in [-0.39, 0.29) is 5.03 Å². The molecule has 1 heterocycles. The maximum Gasteiger partial charge on any atom is 0.260 e. The molecule has 17 heavy (non-hydrogen) atoms. The second kappa shape index (κ2) is 6.07. The van der Waals surface area contributed by atoms with Crippen molar-refractivity contribution in [2.75, 3.05) is 13.1 Å². The molecular formula is C11H17FN2O2S. The van der Waals surface area contributed by atoms with Gasteiger partial charge in [0.25, 0.3) is 10.0 Å². The molecule has 0 saturated heterocycles. The molecule has 0 aliphatic carbocycles. The van der Waals surface area contributed by atoms with Gasteiger partial charge in [-0.05, 0) is 25.0 Å². The Morgan fingerprint density at radius 2 is 1.82 bits per heavy atom. The lowest BCUT2D eigenvalue weighted by Gasteiger charge is -2.20. The van der Waals surface area contributed by atoms with E-state index in [1.807, 2.05) is 13.8 Å². The molecule has 0 spiro atoms. The predicted molar refractivity (Wildman–Crippen MR) is 63.5 cm³/mol.